The number of rotatable bonds is 52. The van der Waals surface area contributed by atoms with Gasteiger partial charge < -0.3 is 14.2 Å². The summed E-state index contributed by atoms with van der Waals surface area (Å²) < 4.78 is 16.8. The van der Waals surface area contributed by atoms with E-state index in [1.807, 2.05) is 0 Å². The topological polar surface area (TPSA) is 78.9 Å². The van der Waals surface area contributed by atoms with E-state index in [1.54, 1.807) is 0 Å². The van der Waals surface area contributed by atoms with Gasteiger partial charge in [0, 0.05) is 19.3 Å². The Hall–Kier alpha value is -3.41. The molecule has 0 fully saturated rings. The van der Waals surface area contributed by atoms with E-state index < -0.39 is 6.10 Å². The molecule has 0 heterocycles. The maximum absolute atomic E-state index is 12.9. The highest BCUT2D eigenvalue weighted by molar-refractivity contribution is 5.71. The van der Waals surface area contributed by atoms with Crippen LogP contribution in [-0.4, -0.2) is 37.2 Å². The maximum Gasteiger partial charge on any atom is 0.306 e. The van der Waals surface area contributed by atoms with Crippen molar-refractivity contribution in [3.63, 3.8) is 0 Å². The van der Waals surface area contributed by atoms with Crippen LogP contribution in [0.1, 0.15) is 278 Å². The zero-order chi connectivity index (χ0) is 50.0. The van der Waals surface area contributed by atoms with Crippen LogP contribution in [0.4, 0.5) is 0 Å². The first-order chi connectivity index (χ1) is 34.0. The second-order valence-corrected chi connectivity index (χ2v) is 19.2. The van der Waals surface area contributed by atoms with Crippen LogP contribution in [0, 0.1) is 0 Å². The van der Waals surface area contributed by atoms with Crippen molar-refractivity contribution in [1.82, 2.24) is 0 Å². The first-order valence-corrected chi connectivity index (χ1v) is 29.1. The van der Waals surface area contributed by atoms with Crippen LogP contribution in [0.3, 0.4) is 0 Å². The fourth-order valence-corrected chi connectivity index (χ4v) is 8.00. The molecule has 0 saturated heterocycles. The molecule has 0 aliphatic rings. The van der Waals surface area contributed by atoms with Gasteiger partial charge in [-0.2, -0.15) is 0 Å². The quantitative estimate of drug-likeness (QED) is 0.0262. The van der Waals surface area contributed by atoms with E-state index in [-0.39, 0.29) is 37.5 Å². The predicted octanol–water partition coefficient (Wildman–Crippen LogP) is 19.5. The van der Waals surface area contributed by atoms with E-state index in [2.05, 4.69) is 106 Å². The fourth-order valence-electron chi connectivity index (χ4n) is 8.00. The second kappa shape index (κ2) is 57.2. The zero-order valence-corrected chi connectivity index (χ0v) is 45.3. The second-order valence-electron chi connectivity index (χ2n) is 19.2. The molecule has 0 radical (unpaired) electrons. The summed E-state index contributed by atoms with van der Waals surface area (Å²) in [5.41, 5.74) is 0. The molecule has 0 unspecified atom stereocenters. The first-order valence-electron chi connectivity index (χ1n) is 29.1. The van der Waals surface area contributed by atoms with Gasteiger partial charge in [0.25, 0.3) is 0 Å². The molecule has 0 aromatic carbocycles. The Morgan fingerprint density at radius 1 is 0.304 bits per heavy atom. The van der Waals surface area contributed by atoms with E-state index in [4.69, 9.17) is 14.2 Å². The number of hydrogen-bond acceptors (Lipinski definition) is 6. The van der Waals surface area contributed by atoms with Crippen LogP contribution in [0.15, 0.2) is 85.1 Å². The van der Waals surface area contributed by atoms with Crippen LogP contribution in [-0.2, 0) is 28.6 Å². The molecule has 0 spiro atoms. The lowest BCUT2D eigenvalue weighted by atomic mass is 10.1. The number of carbonyl (C=O) groups is 3. The minimum Gasteiger partial charge on any atom is -0.462 e. The molecule has 69 heavy (non-hydrogen) atoms. The molecular weight excluding hydrogens is 853 g/mol. The van der Waals surface area contributed by atoms with Crippen molar-refractivity contribution >= 4 is 17.9 Å². The van der Waals surface area contributed by atoms with Crippen LogP contribution < -0.4 is 0 Å². The van der Waals surface area contributed by atoms with Crippen molar-refractivity contribution in [1.29, 1.82) is 0 Å². The molecule has 0 aromatic heterocycles. The van der Waals surface area contributed by atoms with E-state index in [0.717, 1.165) is 77.0 Å². The summed E-state index contributed by atoms with van der Waals surface area (Å²) in [7, 11) is 0. The summed E-state index contributed by atoms with van der Waals surface area (Å²) in [6, 6.07) is 0. The van der Waals surface area contributed by atoms with Gasteiger partial charge in [0.15, 0.2) is 6.10 Å². The lowest BCUT2D eigenvalue weighted by Crippen LogP contribution is -2.30. The summed E-state index contributed by atoms with van der Waals surface area (Å²) >= 11 is 0. The summed E-state index contributed by atoms with van der Waals surface area (Å²) in [4.78, 5) is 38.2. The van der Waals surface area contributed by atoms with Crippen molar-refractivity contribution in [2.45, 2.75) is 284 Å². The highest BCUT2D eigenvalue weighted by atomic mass is 16.6. The number of unbranched alkanes of at least 4 members (excludes halogenated alkanes) is 27. The lowest BCUT2D eigenvalue weighted by Gasteiger charge is -2.18. The molecular formula is C63H108O6. The van der Waals surface area contributed by atoms with Gasteiger partial charge in [0.1, 0.15) is 13.2 Å². The molecule has 0 aliphatic heterocycles. The zero-order valence-electron chi connectivity index (χ0n) is 45.3. The number of ether oxygens (including phenoxy) is 3. The minimum absolute atomic E-state index is 0.0977. The van der Waals surface area contributed by atoms with Gasteiger partial charge in [-0.3, -0.25) is 14.4 Å². The largest absolute Gasteiger partial charge is 0.462 e. The average molecular weight is 962 g/mol. The summed E-state index contributed by atoms with van der Waals surface area (Å²) in [6.45, 7) is 6.48. The van der Waals surface area contributed by atoms with Gasteiger partial charge >= 0.3 is 17.9 Å². The van der Waals surface area contributed by atoms with Crippen LogP contribution >= 0.6 is 0 Å². The minimum atomic E-state index is -0.804. The monoisotopic (exact) mass is 961 g/mol. The van der Waals surface area contributed by atoms with E-state index in [0.29, 0.717) is 19.3 Å². The van der Waals surface area contributed by atoms with Crippen molar-refractivity contribution in [3.8, 4) is 0 Å². The Kier molecular flexibility index (Phi) is 54.3. The molecule has 0 aromatic rings. The van der Waals surface area contributed by atoms with Gasteiger partial charge in [-0.25, -0.2) is 0 Å². The number of esters is 3. The number of allylic oxidation sites excluding steroid dienone is 14. The average Bonchev–Trinajstić information content (AvgIpc) is 3.35. The Bertz CT molecular complexity index is 1330. The maximum atomic E-state index is 12.9. The van der Waals surface area contributed by atoms with Gasteiger partial charge in [0.05, 0.1) is 0 Å². The van der Waals surface area contributed by atoms with Gasteiger partial charge in [-0.05, 0) is 109 Å². The molecule has 0 aliphatic carbocycles. The third kappa shape index (κ3) is 55.4. The predicted molar refractivity (Wildman–Crippen MR) is 297 cm³/mol. The van der Waals surface area contributed by atoms with Gasteiger partial charge in [0.2, 0.25) is 0 Å². The lowest BCUT2D eigenvalue weighted by molar-refractivity contribution is -0.167. The number of hydrogen-bond donors (Lipinski definition) is 0. The molecule has 0 bridgehead atoms. The standard InChI is InChI=1S/C63H108O6/c1-4-7-10-13-16-19-22-25-28-31-34-37-40-43-46-49-52-55-61(64)67-58-60(69-63(66)57-54-51-48-45-42-39-36-33-30-27-24-21-18-15-12-9-6-3)59-68-62(65)56-53-50-47-44-41-38-35-32-29-26-23-20-17-14-11-8-5-2/h7,10,16,19,25-30,34,37,43,46,60H,4-6,8-9,11-15,17-18,20-24,31-33,35-36,38-42,44-45,47-59H2,1-3H3/b10-7-,19-16-,28-25-,29-26-,30-27-,37-34-,46-43-/t60-/m0/s1. The van der Waals surface area contributed by atoms with E-state index >= 15 is 0 Å². The van der Waals surface area contributed by atoms with E-state index in [1.165, 1.54) is 154 Å². The Morgan fingerprint density at radius 3 is 0.957 bits per heavy atom. The van der Waals surface area contributed by atoms with Crippen LogP contribution in [0.25, 0.3) is 0 Å². The highest BCUT2D eigenvalue weighted by Gasteiger charge is 2.19. The molecule has 6 heteroatoms. The molecule has 0 rings (SSSR count). The normalized spacial score (nSPS) is 12.7. The SMILES string of the molecule is CC/C=C\C/C=C\C/C=C\C/C=C\C/C=C\CCCC(=O)OC[C@@H](COC(=O)CCCCCCCCC/C=C\CCCCCCCC)OC(=O)CCCCCCCCC/C=C\CCCCCCCC. The third-order valence-corrected chi connectivity index (χ3v) is 12.4. The van der Waals surface area contributed by atoms with Crippen molar-refractivity contribution in [2.75, 3.05) is 13.2 Å². The van der Waals surface area contributed by atoms with Gasteiger partial charge in [-0.15, -0.1) is 0 Å². The van der Waals surface area contributed by atoms with E-state index in [9.17, 15) is 14.4 Å². The van der Waals surface area contributed by atoms with Crippen LogP contribution in [0.2, 0.25) is 0 Å². The molecule has 0 N–H and O–H groups in total. The highest BCUT2D eigenvalue weighted by Crippen LogP contribution is 2.15. The molecule has 1 atom stereocenters. The summed E-state index contributed by atoms with van der Waals surface area (Å²) in [5.74, 6) is -0.960. The molecule has 0 saturated carbocycles. The smallest absolute Gasteiger partial charge is 0.306 e. The Labute approximate surface area is 426 Å². The fraction of sp³-hybridized carbons (Fsp3) is 0.730. The van der Waals surface area contributed by atoms with Crippen molar-refractivity contribution in [2.24, 2.45) is 0 Å². The molecule has 0 amide bonds. The van der Waals surface area contributed by atoms with Crippen molar-refractivity contribution in [3.05, 3.63) is 85.1 Å². The van der Waals surface area contributed by atoms with Gasteiger partial charge in [-0.1, -0.05) is 234 Å². The molecule has 6 nitrogen and oxygen atoms in total. The first kappa shape index (κ1) is 65.6. The summed E-state index contributed by atoms with van der Waals surface area (Å²) in [6.07, 6.45) is 74.3. The third-order valence-electron chi connectivity index (χ3n) is 12.4. The Balaban J connectivity index is 4.47. The van der Waals surface area contributed by atoms with Crippen molar-refractivity contribution < 1.29 is 28.6 Å². The summed E-state index contributed by atoms with van der Waals surface area (Å²) in [5, 5.41) is 0. The Morgan fingerprint density at radius 2 is 0.580 bits per heavy atom. The molecule has 396 valence electrons. The van der Waals surface area contributed by atoms with Crippen LogP contribution in [0.5, 0.6) is 0 Å². The number of carbonyl (C=O) groups excluding carboxylic acids is 3.